The van der Waals surface area contributed by atoms with Crippen LogP contribution >= 0.6 is 0 Å². The molecule has 0 saturated heterocycles. The Morgan fingerprint density at radius 2 is 1.88 bits per heavy atom. The highest BCUT2D eigenvalue weighted by molar-refractivity contribution is 5.92. The first-order valence-electron chi connectivity index (χ1n) is 8.80. The lowest BCUT2D eigenvalue weighted by Gasteiger charge is -2.15. The van der Waals surface area contributed by atoms with Crippen LogP contribution in [0.5, 0.6) is 5.75 Å². The molecule has 0 spiro atoms. The smallest absolute Gasteiger partial charge is 0.272 e. The van der Waals surface area contributed by atoms with E-state index in [0.29, 0.717) is 11.5 Å². The first kappa shape index (κ1) is 17.2. The summed E-state index contributed by atoms with van der Waals surface area (Å²) in [5.41, 5.74) is 1.20. The predicted octanol–water partition coefficient (Wildman–Crippen LogP) is 3.68. The molecule has 1 heterocycles. The van der Waals surface area contributed by atoms with Crippen LogP contribution in [0.15, 0.2) is 36.4 Å². The SMILES string of the molecule is COc1cccc(Nc2ccc(C(=O)NC3CCCCCC3)nn2)c1. The first-order chi connectivity index (χ1) is 12.2. The van der Waals surface area contributed by atoms with Gasteiger partial charge in [-0.1, -0.05) is 31.7 Å². The summed E-state index contributed by atoms with van der Waals surface area (Å²) >= 11 is 0. The van der Waals surface area contributed by atoms with E-state index >= 15 is 0 Å². The van der Waals surface area contributed by atoms with Crippen molar-refractivity contribution in [2.75, 3.05) is 12.4 Å². The minimum absolute atomic E-state index is 0.146. The van der Waals surface area contributed by atoms with Gasteiger partial charge in [-0.15, -0.1) is 10.2 Å². The van der Waals surface area contributed by atoms with Crippen LogP contribution < -0.4 is 15.4 Å². The van der Waals surface area contributed by atoms with E-state index < -0.39 is 0 Å². The highest BCUT2D eigenvalue weighted by Crippen LogP contribution is 2.20. The summed E-state index contributed by atoms with van der Waals surface area (Å²) < 4.78 is 5.20. The molecule has 1 amide bonds. The van der Waals surface area contributed by atoms with E-state index in [0.717, 1.165) is 24.3 Å². The van der Waals surface area contributed by atoms with Crippen LogP contribution in [-0.2, 0) is 0 Å². The Labute approximate surface area is 148 Å². The van der Waals surface area contributed by atoms with E-state index in [2.05, 4.69) is 20.8 Å². The Morgan fingerprint density at radius 3 is 2.56 bits per heavy atom. The number of nitrogens with zero attached hydrogens (tertiary/aromatic N) is 2. The van der Waals surface area contributed by atoms with E-state index in [1.165, 1.54) is 25.7 Å². The van der Waals surface area contributed by atoms with Gasteiger partial charge in [-0.3, -0.25) is 4.79 Å². The van der Waals surface area contributed by atoms with Gasteiger partial charge in [-0.05, 0) is 37.1 Å². The van der Waals surface area contributed by atoms with Gasteiger partial charge in [-0.2, -0.15) is 0 Å². The molecule has 0 atom stereocenters. The molecule has 0 radical (unpaired) electrons. The number of anilines is 2. The normalized spacial score (nSPS) is 15.2. The third kappa shape index (κ3) is 4.92. The van der Waals surface area contributed by atoms with Crippen LogP contribution in [0.2, 0.25) is 0 Å². The maximum atomic E-state index is 12.3. The number of carbonyl (C=O) groups excluding carboxylic acids is 1. The van der Waals surface area contributed by atoms with Gasteiger partial charge in [0.25, 0.3) is 5.91 Å². The third-order valence-electron chi connectivity index (χ3n) is 4.43. The number of hydrogen-bond donors (Lipinski definition) is 2. The summed E-state index contributed by atoms with van der Waals surface area (Å²) in [4.78, 5) is 12.3. The van der Waals surface area contributed by atoms with E-state index in [1.807, 2.05) is 24.3 Å². The van der Waals surface area contributed by atoms with Crippen LogP contribution in [0.1, 0.15) is 49.0 Å². The van der Waals surface area contributed by atoms with Gasteiger partial charge < -0.3 is 15.4 Å². The lowest BCUT2D eigenvalue weighted by Crippen LogP contribution is -2.35. The molecule has 25 heavy (non-hydrogen) atoms. The Bertz CT molecular complexity index is 695. The quantitative estimate of drug-likeness (QED) is 0.812. The Balaban J connectivity index is 1.60. The van der Waals surface area contributed by atoms with Crippen molar-refractivity contribution in [2.24, 2.45) is 0 Å². The fourth-order valence-electron chi connectivity index (χ4n) is 3.05. The van der Waals surface area contributed by atoms with Crippen molar-refractivity contribution in [3.63, 3.8) is 0 Å². The second kappa shape index (κ2) is 8.46. The summed E-state index contributed by atoms with van der Waals surface area (Å²) in [6.45, 7) is 0. The van der Waals surface area contributed by atoms with Crippen LogP contribution in [0.25, 0.3) is 0 Å². The first-order valence-corrected chi connectivity index (χ1v) is 8.80. The summed E-state index contributed by atoms with van der Waals surface area (Å²) in [6, 6.07) is 11.3. The van der Waals surface area contributed by atoms with E-state index in [1.54, 1.807) is 19.2 Å². The zero-order valence-corrected chi connectivity index (χ0v) is 14.5. The minimum atomic E-state index is -0.146. The van der Waals surface area contributed by atoms with Crippen molar-refractivity contribution < 1.29 is 9.53 Å². The van der Waals surface area contributed by atoms with Gasteiger partial charge in [0, 0.05) is 17.8 Å². The van der Waals surface area contributed by atoms with E-state index in [9.17, 15) is 4.79 Å². The summed E-state index contributed by atoms with van der Waals surface area (Å²) in [5, 5.41) is 14.4. The molecule has 0 aliphatic heterocycles. The van der Waals surface area contributed by atoms with Crippen molar-refractivity contribution in [3.8, 4) is 5.75 Å². The van der Waals surface area contributed by atoms with Crippen molar-refractivity contribution in [2.45, 2.75) is 44.6 Å². The van der Waals surface area contributed by atoms with Gasteiger partial charge in [0.05, 0.1) is 7.11 Å². The van der Waals surface area contributed by atoms with Gasteiger partial charge in [0.15, 0.2) is 11.5 Å². The van der Waals surface area contributed by atoms with Crippen LogP contribution in [0.4, 0.5) is 11.5 Å². The monoisotopic (exact) mass is 340 g/mol. The molecule has 1 aromatic heterocycles. The van der Waals surface area contributed by atoms with Crippen molar-refractivity contribution in [1.29, 1.82) is 0 Å². The fraction of sp³-hybridized carbons (Fsp3) is 0.421. The number of amides is 1. The maximum absolute atomic E-state index is 12.3. The summed E-state index contributed by atoms with van der Waals surface area (Å²) in [6.07, 6.45) is 6.98. The Morgan fingerprint density at radius 1 is 1.08 bits per heavy atom. The molecule has 1 aliphatic carbocycles. The molecule has 0 unspecified atom stereocenters. The number of benzene rings is 1. The maximum Gasteiger partial charge on any atom is 0.272 e. The fourth-order valence-corrected chi connectivity index (χ4v) is 3.05. The van der Waals surface area contributed by atoms with Crippen molar-refractivity contribution >= 4 is 17.4 Å². The largest absolute Gasteiger partial charge is 0.497 e. The molecule has 0 bridgehead atoms. The van der Waals surface area contributed by atoms with Crippen molar-refractivity contribution in [3.05, 3.63) is 42.1 Å². The molecule has 1 aliphatic rings. The van der Waals surface area contributed by atoms with Crippen molar-refractivity contribution in [1.82, 2.24) is 15.5 Å². The van der Waals surface area contributed by atoms with Gasteiger partial charge >= 0.3 is 0 Å². The number of carbonyl (C=O) groups is 1. The van der Waals surface area contributed by atoms with E-state index in [4.69, 9.17) is 4.74 Å². The second-order valence-corrected chi connectivity index (χ2v) is 6.32. The molecule has 6 nitrogen and oxygen atoms in total. The van der Waals surface area contributed by atoms with Crippen LogP contribution in [0.3, 0.4) is 0 Å². The van der Waals surface area contributed by atoms with Gasteiger partial charge in [-0.25, -0.2) is 0 Å². The average molecular weight is 340 g/mol. The Hall–Kier alpha value is -2.63. The van der Waals surface area contributed by atoms with Gasteiger partial charge in [0.1, 0.15) is 5.75 Å². The highest BCUT2D eigenvalue weighted by Gasteiger charge is 2.16. The Kier molecular flexibility index (Phi) is 5.82. The highest BCUT2D eigenvalue weighted by atomic mass is 16.5. The topological polar surface area (TPSA) is 76.1 Å². The number of ether oxygens (including phenoxy) is 1. The summed E-state index contributed by atoms with van der Waals surface area (Å²) in [7, 11) is 1.63. The zero-order chi connectivity index (χ0) is 17.5. The minimum Gasteiger partial charge on any atom is -0.497 e. The standard InChI is InChI=1S/C19H24N4O2/c1-25-16-10-6-9-15(13-16)20-18-12-11-17(22-23-18)19(24)21-14-7-4-2-3-5-8-14/h6,9-14H,2-5,7-8H2,1H3,(H,20,23)(H,21,24). The molecule has 1 aromatic carbocycles. The molecule has 6 heteroatoms. The predicted molar refractivity (Wildman–Crippen MR) is 97.3 cm³/mol. The summed E-state index contributed by atoms with van der Waals surface area (Å²) in [5.74, 6) is 1.20. The lowest BCUT2D eigenvalue weighted by atomic mass is 10.1. The van der Waals surface area contributed by atoms with Crippen LogP contribution in [-0.4, -0.2) is 29.3 Å². The zero-order valence-electron chi connectivity index (χ0n) is 14.5. The van der Waals surface area contributed by atoms with Crippen LogP contribution in [0, 0.1) is 0 Å². The molecule has 1 saturated carbocycles. The average Bonchev–Trinajstić information content (AvgIpc) is 2.91. The number of hydrogen-bond acceptors (Lipinski definition) is 5. The lowest BCUT2D eigenvalue weighted by molar-refractivity contribution is 0.0927. The second-order valence-electron chi connectivity index (χ2n) is 6.32. The third-order valence-corrected chi connectivity index (χ3v) is 4.43. The van der Waals surface area contributed by atoms with Gasteiger partial charge in [0.2, 0.25) is 0 Å². The number of aromatic nitrogens is 2. The molecule has 2 aromatic rings. The number of nitrogens with one attached hydrogen (secondary N) is 2. The molecule has 1 fully saturated rings. The number of methoxy groups -OCH3 is 1. The molecular formula is C19H24N4O2. The molecule has 3 rings (SSSR count). The molecule has 2 N–H and O–H groups in total. The number of rotatable bonds is 5. The molecular weight excluding hydrogens is 316 g/mol. The molecule has 132 valence electrons. The van der Waals surface area contributed by atoms with E-state index in [-0.39, 0.29) is 11.9 Å².